The summed E-state index contributed by atoms with van der Waals surface area (Å²) in [6.45, 7) is 2.88. The first kappa shape index (κ1) is 12.5. The molecule has 0 saturated carbocycles. The van der Waals surface area contributed by atoms with E-state index >= 15 is 0 Å². The molecule has 1 aliphatic heterocycles. The largest absolute Gasteiger partial charge is 0.479 e. The number of rotatable bonds is 3. The lowest BCUT2D eigenvalue weighted by Crippen LogP contribution is -2.45. The molecule has 0 fully saturated rings. The molecule has 1 aliphatic rings. The highest BCUT2D eigenvalue weighted by Crippen LogP contribution is 2.09. The van der Waals surface area contributed by atoms with Crippen LogP contribution in [0.25, 0.3) is 0 Å². The van der Waals surface area contributed by atoms with Crippen molar-refractivity contribution in [2.24, 2.45) is 0 Å². The Morgan fingerprint density at radius 1 is 1.62 bits per heavy atom. The summed E-state index contributed by atoms with van der Waals surface area (Å²) in [7, 11) is 0. The fourth-order valence-electron chi connectivity index (χ4n) is 1.34. The maximum Gasteiger partial charge on any atom is 0.334 e. The normalized spacial score (nSPS) is 17.6. The zero-order valence-corrected chi connectivity index (χ0v) is 9.14. The number of hydrogen-bond acceptors (Lipinski definition) is 3. The summed E-state index contributed by atoms with van der Waals surface area (Å²) in [5.74, 6) is -1.34. The zero-order valence-electron chi connectivity index (χ0n) is 9.14. The summed E-state index contributed by atoms with van der Waals surface area (Å²) in [6.07, 6.45) is 1.23. The van der Waals surface area contributed by atoms with Crippen molar-refractivity contribution >= 4 is 12.0 Å². The van der Waals surface area contributed by atoms with Crippen LogP contribution in [0.2, 0.25) is 0 Å². The molecule has 1 atom stereocenters. The van der Waals surface area contributed by atoms with E-state index in [-0.39, 0.29) is 12.6 Å². The maximum absolute atomic E-state index is 11.5. The van der Waals surface area contributed by atoms with E-state index in [4.69, 9.17) is 10.2 Å². The van der Waals surface area contributed by atoms with E-state index in [0.29, 0.717) is 13.1 Å². The monoisotopic (exact) mass is 228 g/mol. The van der Waals surface area contributed by atoms with Crippen LogP contribution in [0.4, 0.5) is 4.79 Å². The Labute approximate surface area is 93.5 Å². The van der Waals surface area contributed by atoms with E-state index in [0.717, 1.165) is 6.42 Å². The first-order valence-corrected chi connectivity index (χ1v) is 5.10. The Hall–Kier alpha value is -1.56. The number of hydrogen-bond donors (Lipinski definition) is 3. The lowest BCUT2D eigenvalue weighted by molar-refractivity contribution is -0.146. The van der Waals surface area contributed by atoms with Crippen LogP contribution in [0, 0.1) is 0 Å². The minimum atomic E-state index is -1.55. The van der Waals surface area contributed by atoms with Gasteiger partial charge in [-0.2, -0.15) is 0 Å². The van der Waals surface area contributed by atoms with Gasteiger partial charge < -0.3 is 20.4 Å². The van der Waals surface area contributed by atoms with E-state index in [9.17, 15) is 9.59 Å². The molecule has 0 bridgehead atoms. The molecule has 0 aromatic rings. The topological polar surface area (TPSA) is 89.9 Å². The predicted octanol–water partition coefficient (Wildman–Crippen LogP) is -0.207. The van der Waals surface area contributed by atoms with Crippen LogP contribution in [-0.4, -0.2) is 52.9 Å². The third kappa shape index (κ3) is 3.54. The zero-order chi connectivity index (χ0) is 12.1. The summed E-state index contributed by atoms with van der Waals surface area (Å²) >= 11 is 0. The Morgan fingerprint density at radius 3 is 2.81 bits per heavy atom. The van der Waals surface area contributed by atoms with Crippen LogP contribution in [0.5, 0.6) is 0 Å². The Morgan fingerprint density at radius 2 is 2.31 bits per heavy atom. The van der Waals surface area contributed by atoms with Crippen LogP contribution < -0.4 is 5.32 Å². The van der Waals surface area contributed by atoms with E-state index < -0.39 is 12.1 Å². The summed E-state index contributed by atoms with van der Waals surface area (Å²) in [6, 6.07) is -0.343. The second kappa shape index (κ2) is 5.50. The van der Waals surface area contributed by atoms with Crippen LogP contribution >= 0.6 is 0 Å². The van der Waals surface area contributed by atoms with Crippen LogP contribution in [0.15, 0.2) is 11.6 Å². The van der Waals surface area contributed by atoms with Gasteiger partial charge in [-0.3, -0.25) is 0 Å². The molecule has 0 radical (unpaired) electrons. The number of nitrogens with one attached hydrogen (secondary N) is 1. The SMILES string of the molecule is CC1=CCN(C(=O)NC[C@H](O)C(=O)O)CC1. The van der Waals surface area contributed by atoms with Gasteiger partial charge in [0, 0.05) is 13.1 Å². The molecule has 6 nitrogen and oxygen atoms in total. The van der Waals surface area contributed by atoms with E-state index in [1.807, 2.05) is 13.0 Å². The first-order valence-electron chi connectivity index (χ1n) is 5.10. The molecule has 0 aromatic carbocycles. The lowest BCUT2D eigenvalue weighted by Gasteiger charge is -2.25. The molecule has 0 unspecified atom stereocenters. The van der Waals surface area contributed by atoms with Gasteiger partial charge in [0.2, 0.25) is 0 Å². The third-order valence-corrected chi connectivity index (χ3v) is 2.46. The third-order valence-electron chi connectivity index (χ3n) is 2.46. The Balaban J connectivity index is 2.33. The fraction of sp³-hybridized carbons (Fsp3) is 0.600. The summed E-state index contributed by atoms with van der Waals surface area (Å²) in [5, 5.41) is 19.8. The molecule has 6 heteroatoms. The van der Waals surface area contributed by atoms with Crippen molar-refractivity contribution in [1.29, 1.82) is 0 Å². The van der Waals surface area contributed by atoms with Crippen LogP contribution in [0.3, 0.4) is 0 Å². The summed E-state index contributed by atoms with van der Waals surface area (Å²) < 4.78 is 0. The number of carboxylic acid groups (broad SMARTS) is 1. The van der Waals surface area contributed by atoms with E-state index in [1.165, 1.54) is 5.57 Å². The Kier molecular flexibility index (Phi) is 4.30. The highest BCUT2D eigenvalue weighted by molar-refractivity contribution is 5.77. The number of carbonyl (C=O) groups is 2. The number of carboxylic acids is 1. The van der Waals surface area contributed by atoms with Crippen molar-refractivity contribution in [3.63, 3.8) is 0 Å². The lowest BCUT2D eigenvalue weighted by atomic mass is 10.1. The number of amides is 2. The minimum Gasteiger partial charge on any atom is -0.479 e. The van der Waals surface area contributed by atoms with Gasteiger partial charge in [0.05, 0.1) is 6.54 Å². The quantitative estimate of drug-likeness (QED) is 0.583. The second-order valence-corrected chi connectivity index (χ2v) is 3.79. The molecule has 16 heavy (non-hydrogen) atoms. The average Bonchev–Trinajstić information content (AvgIpc) is 2.26. The number of aliphatic hydroxyl groups excluding tert-OH is 1. The molecule has 0 aromatic heterocycles. The van der Waals surface area contributed by atoms with Gasteiger partial charge in [-0.15, -0.1) is 0 Å². The van der Waals surface area contributed by atoms with E-state index in [2.05, 4.69) is 5.32 Å². The molecule has 0 aliphatic carbocycles. The van der Waals surface area contributed by atoms with Gasteiger partial charge in [0.15, 0.2) is 6.10 Å². The fourth-order valence-corrected chi connectivity index (χ4v) is 1.34. The number of aliphatic carboxylic acids is 1. The van der Waals surface area contributed by atoms with Crippen molar-refractivity contribution in [2.45, 2.75) is 19.4 Å². The molecule has 0 saturated heterocycles. The summed E-state index contributed by atoms with van der Waals surface area (Å²) in [5.41, 5.74) is 1.25. The van der Waals surface area contributed by atoms with Gasteiger partial charge in [0.25, 0.3) is 0 Å². The van der Waals surface area contributed by atoms with Crippen LogP contribution in [0.1, 0.15) is 13.3 Å². The predicted molar refractivity (Wildman–Crippen MR) is 57.0 cm³/mol. The molecule has 0 spiro atoms. The highest BCUT2D eigenvalue weighted by atomic mass is 16.4. The number of urea groups is 1. The molecule has 90 valence electrons. The van der Waals surface area contributed by atoms with Gasteiger partial charge in [-0.25, -0.2) is 9.59 Å². The highest BCUT2D eigenvalue weighted by Gasteiger charge is 2.18. The van der Waals surface area contributed by atoms with Gasteiger partial charge in [-0.05, 0) is 13.3 Å². The van der Waals surface area contributed by atoms with Crippen LogP contribution in [-0.2, 0) is 4.79 Å². The second-order valence-electron chi connectivity index (χ2n) is 3.79. The molecular formula is C10H16N2O4. The molecule has 1 heterocycles. The van der Waals surface area contributed by atoms with Crippen molar-refractivity contribution in [1.82, 2.24) is 10.2 Å². The average molecular weight is 228 g/mol. The molecule has 3 N–H and O–H groups in total. The minimum absolute atomic E-state index is 0.270. The maximum atomic E-state index is 11.5. The molecule has 1 rings (SSSR count). The smallest absolute Gasteiger partial charge is 0.334 e. The number of nitrogens with zero attached hydrogens (tertiary/aromatic N) is 1. The Bertz CT molecular complexity index is 314. The van der Waals surface area contributed by atoms with Crippen molar-refractivity contribution in [2.75, 3.05) is 19.6 Å². The first-order chi connectivity index (χ1) is 7.50. The van der Waals surface area contributed by atoms with E-state index in [1.54, 1.807) is 4.90 Å². The number of carbonyl (C=O) groups excluding carboxylic acids is 1. The summed E-state index contributed by atoms with van der Waals surface area (Å²) in [4.78, 5) is 23.4. The van der Waals surface area contributed by atoms with Gasteiger partial charge >= 0.3 is 12.0 Å². The van der Waals surface area contributed by atoms with Gasteiger partial charge in [0.1, 0.15) is 0 Å². The number of aliphatic hydroxyl groups is 1. The standard InChI is InChI=1S/C10H16N2O4/c1-7-2-4-12(5-3-7)10(16)11-6-8(13)9(14)15/h2,8,13H,3-6H2,1H3,(H,11,16)(H,14,15)/t8-/m0/s1. The molecular weight excluding hydrogens is 212 g/mol. The van der Waals surface area contributed by atoms with Crippen molar-refractivity contribution in [3.8, 4) is 0 Å². The van der Waals surface area contributed by atoms with Crippen molar-refractivity contribution < 1.29 is 19.8 Å². The molecule has 2 amide bonds. The van der Waals surface area contributed by atoms with Gasteiger partial charge in [-0.1, -0.05) is 11.6 Å². The van der Waals surface area contributed by atoms with Crippen molar-refractivity contribution in [3.05, 3.63) is 11.6 Å².